The first-order chi connectivity index (χ1) is 12.2. The predicted octanol–water partition coefficient (Wildman–Crippen LogP) is 2.54. The molecule has 1 fully saturated rings. The van der Waals surface area contributed by atoms with Crippen molar-refractivity contribution in [1.82, 2.24) is 24.6 Å². The van der Waals surface area contributed by atoms with Crippen LogP contribution >= 0.6 is 0 Å². The molecular formula is C19H29N5O. The van der Waals surface area contributed by atoms with Gasteiger partial charge in [0.05, 0.1) is 11.4 Å². The van der Waals surface area contributed by atoms with Gasteiger partial charge in [-0.3, -0.25) is 9.88 Å². The Hall–Kier alpha value is -1.76. The van der Waals surface area contributed by atoms with Gasteiger partial charge >= 0.3 is 0 Å². The maximum atomic E-state index is 5.92. The second-order valence-corrected chi connectivity index (χ2v) is 6.92. The Bertz CT molecular complexity index is 622. The molecule has 2 aromatic heterocycles. The van der Waals surface area contributed by atoms with Gasteiger partial charge in [-0.05, 0) is 51.6 Å². The number of ether oxygens (including phenoxy) is 1. The molecule has 0 amide bonds. The molecule has 1 aliphatic rings. The lowest BCUT2D eigenvalue weighted by Gasteiger charge is -2.27. The van der Waals surface area contributed by atoms with E-state index in [0.717, 1.165) is 51.3 Å². The SMILES string of the molecule is CN(C)CCN(Cc1ccccn1)Cc1ccnn1[C@H]1CCCCO1. The van der Waals surface area contributed by atoms with Gasteiger partial charge in [0.15, 0.2) is 6.23 Å². The number of rotatable bonds is 8. The van der Waals surface area contributed by atoms with E-state index in [1.165, 1.54) is 12.1 Å². The van der Waals surface area contributed by atoms with Gasteiger partial charge in [0.1, 0.15) is 0 Å². The zero-order chi connectivity index (χ0) is 17.5. The maximum absolute atomic E-state index is 5.92. The Morgan fingerprint density at radius 1 is 1.12 bits per heavy atom. The van der Waals surface area contributed by atoms with E-state index < -0.39 is 0 Å². The highest BCUT2D eigenvalue weighted by molar-refractivity contribution is 5.05. The summed E-state index contributed by atoms with van der Waals surface area (Å²) in [4.78, 5) is 9.13. The van der Waals surface area contributed by atoms with Crippen molar-refractivity contribution >= 4 is 0 Å². The number of hydrogen-bond acceptors (Lipinski definition) is 5. The van der Waals surface area contributed by atoms with Crippen LogP contribution < -0.4 is 0 Å². The van der Waals surface area contributed by atoms with Crippen LogP contribution in [-0.2, 0) is 17.8 Å². The number of nitrogens with zero attached hydrogens (tertiary/aromatic N) is 5. The van der Waals surface area contributed by atoms with Crippen LogP contribution in [0.3, 0.4) is 0 Å². The second kappa shape index (κ2) is 9.08. The quantitative estimate of drug-likeness (QED) is 0.737. The zero-order valence-corrected chi connectivity index (χ0v) is 15.3. The number of pyridine rings is 1. The summed E-state index contributed by atoms with van der Waals surface area (Å²) >= 11 is 0. The van der Waals surface area contributed by atoms with Crippen molar-refractivity contribution < 1.29 is 4.74 Å². The summed E-state index contributed by atoms with van der Waals surface area (Å²) in [5, 5.41) is 4.53. The Balaban J connectivity index is 1.70. The van der Waals surface area contributed by atoms with Crippen LogP contribution in [0.5, 0.6) is 0 Å². The lowest BCUT2D eigenvalue weighted by atomic mass is 10.2. The molecule has 1 saturated heterocycles. The molecule has 0 saturated carbocycles. The topological polar surface area (TPSA) is 46.4 Å². The summed E-state index contributed by atoms with van der Waals surface area (Å²) in [5.74, 6) is 0. The molecule has 6 heteroatoms. The third-order valence-electron chi connectivity index (χ3n) is 4.54. The average Bonchev–Trinajstić information content (AvgIpc) is 3.09. The van der Waals surface area contributed by atoms with Gasteiger partial charge in [-0.1, -0.05) is 6.07 Å². The molecule has 0 aliphatic carbocycles. The zero-order valence-electron chi connectivity index (χ0n) is 15.3. The maximum Gasteiger partial charge on any atom is 0.150 e. The van der Waals surface area contributed by atoms with Gasteiger partial charge in [-0.2, -0.15) is 5.10 Å². The van der Waals surface area contributed by atoms with E-state index in [2.05, 4.69) is 50.8 Å². The van der Waals surface area contributed by atoms with Gasteiger partial charge < -0.3 is 9.64 Å². The molecule has 1 atom stereocenters. The van der Waals surface area contributed by atoms with Crippen LogP contribution in [0.2, 0.25) is 0 Å². The Morgan fingerprint density at radius 2 is 2.04 bits per heavy atom. The molecule has 0 spiro atoms. The fraction of sp³-hybridized carbons (Fsp3) is 0.579. The van der Waals surface area contributed by atoms with Gasteiger partial charge in [-0.15, -0.1) is 0 Å². The smallest absolute Gasteiger partial charge is 0.150 e. The third kappa shape index (κ3) is 5.36. The first-order valence-corrected chi connectivity index (χ1v) is 9.13. The molecule has 0 radical (unpaired) electrons. The van der Waals surface area contributed by atoms with Crippen molar-refractivity contribution in [1.29, 1.82) is 0 Å². The summed E-state index contributed by atoms with van der Waals surface area (Å²) < 4.78 is 7.99. The summed E-state index contributed by atoms with van der Waals surface area (Å²) in [7, 11) is 4.22. The molecule has 25 heavy (non-hydrogen) atoms. The standard InChI is InChI=1S/C19H29N5O/c1-22(2)12-13-23(15-17-7-3-5-10-20-17)16-18-9-11-21-24(18)19-8-4-6-14-25-19/h3,5,7,9-11,19H,4,6,8,12-16H2,1-2H3/t19-/m1/s1. The largest absolute Gasteiger partial charge is 0.357 e. The van der Waals surface area contributed by atoms with E-state index in [0.29, 0.717) is 0 Å². The summed E-state index contributed by atoms with van der Waals surface area (Å²) in [6.07, 6.45) is 7.25. The van der Waals surface area contributed by atoms with Crippen LogP contribution in [0.25, 0.3) is 0 Å². The summed E-state index contributed by atoms with van der Waals surface area (Å²) in [5.41, 5.74) is 2.31. The fourth-order valence-corrected chi connectivity index (χ4v) is 3.15. The molecule has 3 heterocycles. The van der Waals surface area contributed by atoms with E-state index in [1.807, 2.05) is 24.5 Å². The summed E-state index contributed by atoms with van der Waals surface area (Å²) in [6, 6.07) is 8.21. The first kappa shape index (κ1) is 18.0. The van der Waals surface area contributed by atoms with E-state index in [-0.39, 0.29) is 6.23 Å². The number of aromatic nitrogens is 3. The Morgan fingerprint density at radius 3 is 2.76 bits per heavy atom. The van der Waals surface area contributed by atoms with Crippen molar-refractivity contribution in [2.75, 3.05) is 33.8 Å². The summed E-state index contributed by atoms with van der Waals surface area (Å²) in [6.45, 7) is 4.53. The van der Waals surface area contributed by atoms with Crippen molar-refractivity contribution in [2.24, 2.45) is 0 Å². The molecule has 0 bridgehead atoms. The average molecular weight is 343 g/mol. The van der Waals surface area contributed by atoms with Gasteiger partial charge in [-0.25, -0.2) is 4.68 Å². The highest BCUT2D eigenvalue weighted by atomic mass is 16.5. The number of hydrogen-bond donors (Lipinski definition) is 0. The number of likely N-dealkylation sites (N-methyl/N-ethyl adjacent to an activating group) is 1. The lowest BCUT2D eigenvalue weighted by molar-refractivity contribution is -0.0421. The normalized spacial score (nSPS) is 18.2. The van der Waals surface area contributed by atoms with Crippen molar-refractivity contribution in [3.63, 3.8) is 0 Å². The molecule has 2 aromatic rings. The minimum absolute atomic E-state index is 0.0873. The van der Waals surface area contributed by atoms with Crippen LogP contribution in [0.4, 0.5) is 0 Å². The van der Waals surface area contributed by atoms with Crippen LogP contribution in [0.1, 0.15) is 36.9 Å². The van der Waals surface area contributed by atoms with Gasteiger partial charge in [0, 0.05) is 45.2 Å². The van der Waals surface area contributed by atoms with Crippen molar-refractivity contribution in [3.05, 3.63) is 48.0 Å². The van der Waals surface area contributed by atoms with E-state index in [1.54, 1.807) is 0 Å². The van der Waals surface area contributed by atoms with Gasteiger partial charge in [0.2, 0.25) is 0 Å². The molecule has 1 aliphatic heterocycles. The molecular weight excluding hydrogens is 314 g/mol. The molecule has 0 unspecified atom stereocenters. The van der Waals surface area contributed by atoms with E-state index in [9.17, 15) is 0 Å². The van der Waals surface area contributed by atoms with Crippen LogP contribution in [-0.4, -0.2) is 58.4 Å². The minimum Gasteiger partial charge on any atom is -0.357 e. The first-order valence-electron chi connectivity index (χ1n) is 9.13. The third-order valence-corrected chi connectivity index (χ3v) is 4.54. The molecule has 136 valence electrons. The Labute approximate surface area is 150 Å². The molecule has 3 rings (SSSR count). The van der Waals surface area contributed by atoms with Crippen LogP contribution in [0.15, 0.2) is 36.7 Å². The van der Waals surface area contributed by atoms with E-state index >= 15 is 0 Å². The van der Waals surface area contributed by atoms with Gasteiger partial charge in [0.25, 0.3) is 0 Å². The molecule has 6 nitrogen and oxygen atoms in total. The minimum atomic E-state index is 0.0873. The second-order valence-electron chi connectivity index (χ2n) is 6.92. The van der Waals surface area contributed by atoms with Crippen LogP contribution in [0, 0.1) is 0 Å². The monoisotopic (exact) mass is 343 g/mol. The highest BCUT2D eigenvalue weighted by Gasteiger charge is 2.20. The highest BCUT2D eigenvalue weighted by Crippen LogP contribution is 2.23. The van der Waals surface area contributed by atoms with E-state index in [4.69, 9.17) is 4.74 Å². The van der Waals surface area contributed by atoms with Crippen molar-refractivity contribution in [3.8, 4) is 0 Å². The molecule has 0 aromatic carbocycles. The predicted molar refractivity (Wildman–Crippen MR) is 98.0 cm³/mol. The Kier molecular flexibility index (Phi) is 6.55. The molecule has 0 N–H and O–H groups in total. The fourth-order valence-electron chi connectivity index (χ4n) is 3.15. The van der Waals surface area contributed by atoms with Crippen molar-refractivity contribution in [2.45, 2.75) is 38.6 Å². The lowest BCUT2D eigenvalue weighted by Crippen LogP contribution is -2.32.